The van der Waals surface area contributed by atoms with E-state index in [1.54, 1.807) is 0 Å². The number of aromatic nitrogens is 1. The number of carbonyl (C=O) groups excluding carboxylic acids is 1. The number of nitriles is 1. The Balaban J connectivity index is 1.68. The van der Waals surface area contributed by atoms with Gasteiger partial charge in [0, 0.05) is 49.2 Å². The van der Waals surface area contributed by atoms with Crippen molar-refractivity contribution in [2.45, 2.75) is 25.7 Å². The third-order valence-corrected chi connectivity index (χ3v) is 5.85. The molecule has 2 heterocycles. The monoisotopic (exact) mass is 368 g/mol. The molecule has 5 nitrogen and oxygen atoms in total. The number of piperazine rings is 1. The van der Waals surface area contributed by atoms with E-state index in [2.05, 4.69) is 11.4 Å². The molecular weight excluding hydrogens is 348 g/mol. The zero-order valence-electron chi connectivity index (χ0n) is 14.6. The van der Waals surface area contributed by atoms with Crippen LogP contribution in [0.25, 0.3) is 10.9 Å². The standard InChI is InChI=1S/C20H21ClN4O/c21-19-15-3-2-14(20(26)25-9-7-23-8-10-25)12-18(15)24-17-4-1-13(5-6-22)11-16(17)19/h2-3,12-13,23H,1,4-5,7-11H2. The van der Waals surface area contributed by atoms with Crippen molar-refractivity contribution < 1.29 is 4.79 Å². The quantitative estimate of drug-likeness (QED) is 0.884. The molecule has 0 bridgehead atoms. The molecule has 1 unspecified atom stereocenters. The summed E-state index contributed by atoms with van der Waals surface area (Å²) in [6.45, 7) is 3.13. The number of carbonyl (C=O) groups is 1. The van der Waals surface area contributed by atoms with Gasteiger partial charge in [-0.25, -0.2) is 0 Å². The molecule has 1 fully saturated rings. The molecule has 1 atom stereocenters. The van der Waals surface area contributed by atoms with E-state index in [1.807, 2.05) is 23.1 Å². The van der Waals surface area contributed by atoms with Crippen LogP contribution in [-0.4, -0.2) is 42.0 Å². The van der Waals surface area contributed by atoms with Crippen molar-refractivity contribution in [1.82, 2.24) is 15.2 Å². The number of aryl methyl sites for hydroxylation is 1. The molecule has 134 valence electrons. The Bertz CT molecular complexity index is 899. The number of hydrogen-bond acceptors (Lipinski definition) is 4. The maximum Gasteiger partial charge on any atom is 0.254 e. The minimum Gasteiger partial charge on any atom is -0.336 e. The van der Waals surface area contributed by atoms with Crippen LogP contribution in [0.5, 0.6) is 0 Å². The molecule has 1 N–H and O–H groups in total. The first-order valence-electron chi connectivity index (χ1n) is 9.15. The highest BCUT2D eigenvalue weighted by Crippen LogP contribution is 2.36. The molecule has 4 rings (SSSR count). The van der Waals surface area contributed by atoms with E-state index in [1.165, 1.54) is 0 Å². The van der Waals surface area contributed by atoms with Crippen molar-refractivity contribution >= 4 is 28.4 Å². The van der Waals surface area contributed by atoms with Crippen LogP contribution >= 0.6 is 11.6 Å². The van der Waals surface area contributed by atoms with Gasteiger partial charge in [-0.3, -0.25) is 9.78 Å². The van der Waals surface area contributed by atoms with Crippen LogP contribution in [-0.2, 0) is 12.8 Å². The second-order valence-electron chi connectivity index (χ2n) is 7.10. The van der Waals surface area contributed by atoms with E-state index in [0.29, 0.717) is 17.9 Å². The van der Waals surface area contributed by atoms with Gasteiger partial charge >= 0.3 is 0 Å². The average Bonchev–Trinajstić information content (AvgIpc) is 2.68. The van der Waals surface area contributed by atoms with Gasteiger partial charge in [-0.2, -0.15) is 5.26 Å². The summed E-state index contributed by atoms with van der Waals surface area (Å²) < 4.78 is 0. The number of pyridine rings is 1. The number of nitrogens with one attached hydrogen (secondary N) is 1. The van der Waals surface area contributed by atoms with Crippen molar-refractivity contribution in [3.05, 3.63) is 40.0 Å². The molecule has 2 aliphatic rings. The Morgan fingerprint density at radius 2 is 2.19 bits per heavy atom. The van der Waals surface area contributed by atoms with Gasteiger partial charge in [0.25, 0.3) is 5.91 Å². The molecule has 6 heteroatoms. The molecule has 26 heavy (non-hydrogen) atoms. The number of rotatable bonds is 2. The average molecular weight is 369 g/mol. The van der Waals surface area contributed by atoms with E-state index in [-0.39, 0.29) is 5.91 Å². The summed E-state index contributed by atoms with van der Waals surface area (Å²) in [7, 11) is 0. The smallest absolute Gasteiger partial charge is 0.254 e. The Kier molecular flexibility index (Phi) is 4.80. The second kappa shape index (κ2) is 7.22. The topological polar surface area (TPSA) is 69.0 Å². The molecule has 0 radical (unpaired) electrons. The van der Waals surface area contributed by atoms with Crippen LogP contribution < -0.4 is 5.32 Å². The zero-order valence-corrected chi connectivity index (χ0v) is 15.4. The van der Waals surface area contributed by atoms with Crippen LogP contribution in [0.2, 0.25) is 5.02 Å². The van der Waals surface area contributed by atoms with Gasteiger partial charge in [0.2, 0.25) is 0 Å². The molecule has 1 saturated heterocycles. The van der Waals surface area contributed by atoms with Crippen molar-refractivity contribution in [3.8, 4) is 6.07 Å². The molecule has 0 spiro atoms. The van der Waals surface area contributed by atoms with Crippen molar-refractivity contribution in [2.75, 3.05) is 26.2 Å². The van der Waals surface area contributed by atoms with Crippen LogP contribution in [0.1, 0.15) is 34.5 Å². The number of halogens is 1. The summed E-state index contributed by atoms with van der Waals surface area (Å²) in [6, 6.07) is 7.89. The first kappa shape index (κ1) is 17.3. The number of amides is 1. The van der Waals surface area contributed by atoms with Gasteiger partial charge in [-0.05, 0) is 42.9 Å². The predicted molar refractivity (Wildman–Crippen MR) is 101 cm³/mol. The van der Waals surface area contributed by atoms with E-state index < -0.39 is 0 Å². The van der Waals surface area contributed by atoms with Crippen molar-refractivity contribution in [1.29, 1.82) is 5.26 Å². The lowest BCUT2D eigenvalue weighted by atomic mass is 9.84. The summed E-state index contributed by atoms with van der Waals surface area (Å²) in [5.74, 6) is 0.413. The molecular formula is C20H21ClN4O. The van der Waals surface area contributed by atoms with Gasteiger partial charge in [0.15, 0.2) is 0 Å². The van der Waals surface area contributed by atoms with Crippen LogP contribution in [0.3, 0.4) is 0 Å². The van der Waals surface area contributed by atoms with E-state index in [0.717, 1.165) is 72.6 Å². The van der Waals surface area contributed by atoms with Gasteiger partial charge in [-0.15, -0.1) is 0 Å². The molecule has 1 amide bonds. The number of fused-ring (bicyclic) bond motifs is 2. The normalized spacial score (nSPS) is 19.8. The fraction of sp³-hybridized carbons (Fsp3) is 0.450. The van der Waals surface area contributed by atoms with Crippen molar-refractivity contribution in [3.63, 3.8) is 0 Å². The molecule has 1 aromatic carbocycles. The molecule has 1 aliphatic heterocycles. The lowest BCUT2D eigenvalue weighted by Gasteiger charge is -2.27. The molecule has 0 saturated carbocycles. The first-order valence-corrected chi connectivity index (χ1v) is 9.53. The second-order valence-corrected chi connectivity index (χ2v) is 7.47. The Morgan fingerprint density at radius 3 is 2.96 bits per heavy atom. The third-order valence-electron chi connectivity index (χ3n) is 5.42. The highest BCUT2D eigenvalue weighted by Gasteiger charge is 2.24. The van der Waals surface area contributed by atoms with Gasteiger partial charge in [0.1, 0.15) is 0 Å². The number of hydrogen-bond donors (Lipinski definition) is 1. The van der Waals surface area contributed by atoms with E-state index in [4.69, 9.17) is 21.8 Å². The molecule has 1 aliphatic carbocycles. The third kappa shape index (κ3) is 3.15. The van der Waals surface area contributed by atoms with E-state index in [9.17, 15) is 4.79 Å². The minimum absolute atomic E-state index is 0.0538. The van der Waals surface area contributed by atoms with Gasteiger partial charge in [0.05, 0.1) is 16.6 Å². The molecule has 1 aromatic heterocycles. The van der Waals surface area contributed by atoms with Crippen LogP contribution in [0, 0.1) is 17.2 Å². The first-order chi connectivity index (χ1) is 12.7. The zero-order chi connectivity index (χ0) is 18.1. The van der Waals surface area contributed by atoms with Gasteiger partial charge < -0.3 is 10.2 Å². The minimum atomic E-state index is 0.0538. The molecule has 2 aromatic rings. The highest BCUT2D eigenvalue weighted by atomic mass is 35.5. The lowest BCUT2D eigenvalue weighted by Crippen LogP contribution is -2.46. The van der Waals surface area contributed by atoms with E-state index >= 15 is 0 Å². The van der Waals surface area contributed by atoms with Gasteiger partial charge in [-0.1, -0.05) is 17.7 Å². The van der Waals surface area contributed by atoms with Crippen LogP contribution in [0.15, 0.2) is 18.2 Å². The summed E-state index contributed by atoms with van der Waals surface area (Å²) >= 11 is 6.68. The fourth-order valence-corrected chi connectivity index (χ4v) is 4.29. The van der Waals surface area contributed by atoms with Crippen molar-refractivity contribution in [2.24, 2.45) is 5.92 Å². The SMILES string of the molecule is N#CCC1CCc2nc3cc(C(=O)N4CCNCC4)ccc3c(Cl)c2C1. The summed E-state index contributed by atoms with van der Waals surface area (Å²) in [5.41, 5.74) is 3.55. The lowest BCUT2D eigenvalue weighted by molar-refractivity contribution is 0.0736. The largest absolute Gasteiger partial charge is 0.336 e. The number of nitrogens with zero attached hydrogens (tertiary/aromatic N) is 3. The fourth-order valence-electron chi connectivity index (χ4n) is 3.94. The highest BCUT2D eigenvalue weighted by molar-refractivity contribution is 6.36. The number of benzene rings is 1. The Labute approximate surface area is 158 Å². The maximum atomic E-state index is 12.7. The summed E-state index contributed by atoms with van der Waals surface area (Å²) in [6.07, 6.45) is 3.18. The summed E-state index contributed by atoms with van der Waals surface area (Å²) in [5, 5.41) is 13.8. The Morgan fingerprint density at radius 1 is 1.38 bits per heavy atom. The Hall–Kier alpha value is -2.16. The predicted octanol–water partition coefficient (Wildman–Crippen LogP) is 2.95. The maximum absolute atomic E-state index is 12.7. The van der Waals surface area contributed by atoms with Crippen LogP contribution in [0.4, 0.5) is 0 Å². The summed E-state index contributed by atoms with van der Waals surface area (Å²) in [4.78, 5) is 19.4.